The number of nitrogens with zero attached hydrogens (tertiary/aromatic N) is 2. The van der Waals surface area contributed by atoms with Gasteiger partial charge in [-0.05, 0) is 0 Å². The average Bonchev–Trinajstić information content (AvgIpc) is 2.35. The van der Waals surface area contributed by atoms with E-state index < -0.39 is 11.9 Å². The van der Waals surface area contributed by atoms with Crippen molar-refractivity contribution in [2.75, 3.05) is 13.2 Å². The third-order valence-corrected chi connectivity index (χ3v) is 1.52. The molecular weight excluding hydrogens is 224 g/mol. The van der Waals surface area contributed by atoms with Crippen molar-refractivity contribution < 1.29 is 19.1 Å². The monoisotopic (exact) mass is 234 g/mol. The quantitative estimate of drug-likeness (QED) is 0.289. The second kappa shape index (κ2) is 7.66. The number of carbonyl (C=O) groups excluding carboxylic acids is 2. The largest absolute Gasteiger partial charge is 0.461 e. The molecule has 88 valence electrons. The molecule has 6 nitrogen and oxygen atoms in total. The highest BCUT2D eigenvalue weighted by Crippen LogP contribution is 1.96. The van der Waals surface area contributed by atoms with Crippen LogP contribution in [0.1, 0.15) is 6.42 Å². The normalized spacial score (nSPS) is 8.35. The second-order valence-corrected chi connectivity index (χ2v) is 2.81. The summed E-state index contributed by atoms with van der Waals surface area (Å²) in [5, 5.41) is 16.6. The minimum Gasteiger partial charge on any atom is -0.461 e. The van der Waals surface area contributed by atoms with E-state index in [-0.39, 0.29) is 30.8 Å². The van der Waals surface area contributed by atoms with E-state index in [4.69, 9.17) is 10.5 Å². The Labute approximate surface area is 98.3 Å². The molecule has 0 aromatic heterocycles. The number of rotatable bonds is 6. The topological polar surface area (TPSA) is 100 Å². The second-order valence-electron chi connectivity index (χ2n) is 2.81. The lowest BCUT2D eigenvalue weighted by atomic mass is 10.3. The number of ether oxygens (including phenoxy) is 2. The minimum absolute atomic E-state index is 0.00809. The van der Waals surface area contributed by atoms with Crippen LogP contribution in [0.25, 0.3) is 0 Å². The van der Waals surface area contributed by atoms with Gasteiger partial charge in [-0.15, -0.1) is 0 Å². The Morgan fingerprint density at radius 2 is 1.29 bits per heavy atom. The van der Waals surface area contributed by atoms with Crippen molar-refractivity contribution in [2.24, 2.45) is 0 Å². The Balaban J connectivity index is 3.69. The van der Waals surface area contributed by atoms with Crippen LogP contribution in [0.5, 0.6) is 0 Å². The first-order valence-corrected chi connectivity index (χ1v) is 4.55. The molecular formula is C11H10N2O4. The number of esters is 2. The van der Waals surface area contributed by atoms with Crippen LogP contribution >= 0.6 is 0 Å². The molecule has 6 heteroatoms. The van der Waals surface area contributed by atoms with Gasteiger partial charge in [0.25, 0.3) is 0 Å². The van der Waals surface area contributed by atoms with Crippen molar-refractivity contribution in [3.63, 3.8) is 0 Å². The highest BCUT2D eigenvalue weighted by Gasteiger charge is 2.08. The molecule has 0 unspecified atom stereocenters. The Morgan fingerprint density at radius 3 is 1.59 bits per heavy atom. The van der Waals surface area contributed by atoms with E-state index in [2.05, 4.69) is 22.6 Å². The van der Waals surface area contributed by atoms with E-state index in [9.17, 15) is 9.59 Å². The van der Waals surface area contributed by atoms with E-state index in [0.717, 1.165) is 0 Å². The van der Waals surface area contributed by atoms with E-state index in [1.54, 1.807) is 12.1 Å². The van der Waals surface area contributed by atoms with Gasteiger partial charge in [-0.1, -0.05) is 13.2 Å². The summed E-state index contributed by atoms with van der Waals surface area (Å²) >= 11 is 0. The highest BCUT2D eigenvalue weighted by molar-refractivity contribution is 5.92. The summed E-state index contributed by atoms with van der Waals surface area (Å²) in [6.45, 7) is 6.32. The standard InChI is InChI=1S/C11H10N2O4/c1-8(6-12)10(14)16-4-3-5-17-11(15)9(2)7-13/h1-5H2. The Morgan fingerprint density at radius 1 is 0.941 bits per heavy atom. The molecule has 0 aromatic rings. The maximum absolute atomic E-state index is 10.9. The fourth-order valence-electron chi connectivity index (χ4n) is 0.654. The van der Waals surface area contributed by atoms with Crippen LogP contribution in [0.15, 0.2) is 24.3 Å². The number of carbonyl (C=O) groups is 2. The summed E-state index contributed by atoms with van der Waals surface area (Å²) in [4.78, 5) is 21.8. The van der Waals surface area contributed by atoms with Gasteiger partial charge < -0.3 is 9.47 Å². The Kier molecular flexibility index (Phi) is 6.49. The number of hydrogen-bond acceptors (Lipinski definition) is 6. The lowest BCUT2D eigenvalue weighted by molar-refractivity contribution is -0.140. The first kappa shape index (κ1) is 14.4. The first-order chi connectivity index (χ1) is 8.02. The molecule has 0 heterocycles. The zero-order valence-corrected chi connectivity index (χ0v) is 9.06. The van der Waals surface area contributed by atoms with Crippen molar-refractivity contribution in [2.45, 2.75) is 6.42 Å². The van der Waals surface area contributed by atoms with Crippen molar-refractivity contribution in [1.82, 2.24) is 0 Å². The summed E-state index contributed by atoms with van der Waals surface area (Å²) in [6, 6.07) is 3.09. The Bertz CT molecular complexity index is 386. The SMILES string of the molecule is C=C(C#N)C(=O)OCCCOC(=O)C(=C)C#N. The molecule has 0 spiro atoms. The van der Waals surface area contributed by atoms with Crippen LogP contribution in [0.3, 0.4) is 0 Å². The van der Waals surface area contributed by atoms with E-state index in [1.807, 2.05) is 0 Å². The molecule has 0 N–H and O–H groups in total. The molecule has 0 amide bonds. The van der Waals surface area contributed by atoms with Crippen LogP contribution < -0.4 is 0 Å². The molecule has 0 aliphatic carbocycles. The highest BCUT2D eigenvalue weighted by atomic mass is 16.5. The molecule has 0 atom stereocenters. The van der Waals surface area contributed by atoms with Crippen LogP contribution in [-0.4, -0.2) is 25.2 Å². The first-order valence-electron chi connectivity index (χ1n) is 4.55. The van der Waals surface area contributed by atoms with Crippen molar-refractivity contribution in [3.05, 3.63) is 24.3 Å². The van der Waals surface area contributed by atoms with Crippen molar-refractivity contribution >= 4 is 11.9 Å². The van der Waals surface area contributed by atoms with Crippen molar-refractivity contribution in [3.8, 4) is 12.1 Å². The summed E-state index contributed by atoms with van der Waals surface area (Å²) in [6.07, 6.45) is 0.259. The van der Waals surface area contributed by atoms with Gasteiger partial charge >= 0.3 is 11.9 Å². The molecule has 0 aromatic carbocycles. The molecule has 0 saturated carbocycles. The van der Waals surface area contributed by atoms with Crippen LogP contribution in [-0.2, 0) is 19.1 Å². The van der Waals surface area contributed by atoms with Gasteiger partial charge in [0.05, 0.1) is 13.2 Å². The van der Waals surface area contributed by atoms with Gasteiger partial charge in [0.15, 0.2) is 0 Å². The molecule has 0 aliphatic heterocycles. The average molecular weight is 234 g/mol. The predicted molar refractivity (Wildman–Crippen MR) is 56.0 cm³/mol. The molecule has 0 rings (SSSR count). The molecule has 0 radical (unpaired) electrons. The smallest absolute Gasteiger partial charge is 0.348 e. The van der Waals surface area contributed by atoms with Gasteiger partial charge in [-0.25, -0.2) is 9.59 Å². The zero-order valence-electron chi connectivity index (χ0n) is 9.06. The van der Waals surface area contributed by atoms with Crippen LogP contribution in [0.4, 0.5) is 0 Å². The molecule has 0 fully saturated rings. The summed E-state index contributed by atoms with van der Waals surface area (Å²) in [5.41, 5.74) is -0.584. The lowest BCUT2D eigenvalue weighted by Crippen LogP contribution is -2.11. The fraction of sp³-hybridized carbons (Fsp3) is 0.273. The maximum atomic E-state index is 10.9. The maximum Gasteiger partial charge on any atom is 0.348 e. The van der Waals surface area contributed by atoms with Gasteiger partial charge in [0, 0.05) is 6.42 Å². The van der Waals surface area contributed by atoms with Gasteiger partial charge in [-0.2, -0.15) is 10.5 Å². The van der Waals surface area contributed by atoms with E-state index >= 15 is 0 Å². The third kappa shape index (κ3) is 5.75. The molecule has 0 saturated heterocycles. The number of nitriles is 2. The number of hydrogen-bond donors (Lipinski definition) is 0. The van der Waals surface area contributed by atoms with E-state index in [0.29, 0.717) is 0 Å². The molecule has 0 bridgehead atoms. The summed E-state index contributed by atoms with van der Waals surface area (Å²) in [5.74, 6) is -1.61. The zero-order chi connectivity index (χ0) is 13.3. The molecule has 0 aliphatic rings. The third-order valence-electron chi connectivity index (χ3n) is 1.52. The van der Waals surface area contributed by atoms with Gasteiger partial charge in [0.1, 0.15) is 23.3 Å². The predicted octanol–water partition coefficient (Wildman–Crippen LogP) is 0.622. The van der Waals surface area contributed by atoms with Crippen LogP contribution in [0.2, 0.25) is 0 Å². The summed E-state index contributed by atoms with van der Waals surface area (Å²) < 4.78 is 9.25. The Hall–Kier alpha value is -2.60. The van der Waals surface area contributed by atoms with Gasteiger partial charge in [-0.3, -0.25) is 0 Å². The molecule has 17 heavy (non-hydrogen) atoms. The fourth-order valence-corrected chi connectivity index (χ4v) is 0.654. The van der Waals surface area contributed by atoms with Gasteiger partial charge in [0.2, 0.25) is 0 Å². The van der Waals surface area contributed by atoms with Crippen molar-refractivity contribution in [1.29, 1.82) is 10.5 Å². The van der Waals surface area contributed by atoms with Crippen LogP contribution in [0, 0.1) is 22.7 Å². The minimum atomic E-state index is -0.805. The van der Waals surface area contributed by atoms with E-state index in [1.165, 1.54) is 0 Å². The summed E-state index contributed by atoms with van der Waals surface area (Å²) in [7, 11) is 0. The lowest BCUT2D eigenvalue weighted by Gasteiger charge is -2.04.